The third kappa shape index (κ3) is 3.30. The van der Waals surface area contributed by atoms with Crippen molar-refractivity contribution in [3.8, 4) is 0 Å². The summed E-state index contributed by atoms with van der Waals surface area (Å²) in [5, 5.41) is 3.29. The zero-order valence-corrected chi connectivity index (χ0v) is 16.9. The summed E-state index contributed by atoms with van der Waals surface area (Å²) in [4.78, 5) is 19.6. The standard InChI is InChI=1S/C25H26N4O/c26-19-10-13-27-23(16-19)29-14-11-25(12-15-29)17-22(20-8-4-5-9-21(20)25)28-24(30)18-6-2-1-3-7-18/h1-10,13,16,22H,11-12,14-15,17H2,(H2,26,27)(H,28,30)/t22-/m0/s1. The predicted octanol–water partition coefficient (Wildman–Crippen LogP) is 4.08. The molecular formula is C25H26N4O. The largest absolute Gasteiger partial charge is 0.399 e. The molecule has 2 aliphatic rings. The number of nitrogens with zero attached hydrogens (tertiary/aromatic N) is 2. The monoisotopic (exact) mass is 398 g/mol. The molecular weight excluding hydrogens is 372 g/mol. The molecule has 1 atom stereocenters. The van der Waals surface area contributed by atoms with Gasteiger partial charge in [0.15, 0.2) is 0 Å². The molecule has 5 rings (SSSR count). The fraction of sp³-hybridized carbons (Fsp3) is 0.280. The van der Waals surface area contributed by atoms with Crippen molar-refractivity contribution in [2.45, 2.75) is 30.7 Å². The fourth-order valence-electron chi connectivity index (χ4n) is 5.10. The predicted molar refractivity (Wildman–Crippen MR) is 119 cm³/mol. The molecule has 0 saturated carbocycles. The van der Waals surface area contributed by atoms with Crippen LogP contribution in [-0.4, -0.2) is 24.0 Å². The summed E-state index contributed by atoms with van der Waals surface area (Å²) >= 11 is 0. The van der Waals surface area contributed by atoms with Crippen molar-refractivity contribution in [3.63, 3.8) is 0 Å². The zero-order valence-electron chi connectivity index (χ0n) is 16.9. The SMILES string of the molecule is Nc1ccnc(N2CCC3(CC2)C[C@H](NC(=O)c2ccccc2)c2ccccc23)c1. The van der Waals surface area contributed by atoms with Gasteiger partial charge in [0.1, 0.15) is 5.82 Å². The first kappa shape index (κ1) is 18.7. The number of piperidine rings is 1. The van der Waals surface area contributed by atoms with Crippen molar-refractivity contribution in [1.82, 2.24) is 10.3 Å². The number of carbonyl (C=O) groups excluding carboxylic acids is 1. The molecule has 1 aliphatic heterocycles. The minimum absolute atomic E-state index is 0.00569. The summed E-state index contributed by atoms with van der Waals surface area (Å²) in [6, 6.07) is 21.9. The van der Waals surface area contributed by atoms with Gasteiger partial charge in [0.25, 0.3) is 5.91 Å². The summed E-state index contributed by atoms with van der Waals surface area (Å²) in [7, 11) is 0. The number of carbonyl (C=O) groups is 1. The third-order valence-corrected chi connectivity index (χ3v) is 6.66. The normalized spacial score (nSPS) is 19.5. The van der Waals surface area contributed by atoms with Crippen LogP contribution in [0.5, 0.6) is 0 Å². The fourth-order valence-corrected chi connectivity index (χ4v) is 5.10. The van der Waals surface area contributed by atoms with E-state index in [0.29, 0.717) is 5.56 Å². The Labute approximate surface area is 176 Å². The second kappa shape index (κ2) is 7.48. The Morgan fingerprint density at radius 2 is 1.77 bits per heavy atom. The van der Waals surface area contributed by atoms with Gasteiger partial charge >= 0.3 is 0 Å². The number of pyridine rings is 1. The van der Waals surface area contributed by atoms with E-state index in [9.17, 15) is 4.79 Å². The van der Waals surface area contributed by atoms with Crippen LogP contribution in [0.15, 0.2) is 72.9 Å². The molecule has 152 valence electrons. The Hall–Kier alpha value is -3.34. The van der Waals surface area contributed by atoms with E-state index in [-0.39, 0.29) is 17.4 Å². The maximum absolute atomic E-state index is 12.8. The van der Waals surface area contributed by atoms with E-state index in [4.69, 9.17) is 5.73 Å². The van der Waals surface area contributed by atoms with Gasteiger partial charge in [0.05, 0.1) is 6.04 Å². The lowest BCUT2D eigenvalue weighted by atomic mass is 9.73. The van der Waals surface area contributed by atoms with Crippen LogP contribution in [0.25, 0.3) is 0 Å². The van der Waals surface area contributed by atoms with Gasteiger partial charge < -0.3 is 16.0 Å². The molecule has 3 N–H and O–H groups in total. The lowest BCUT2D eigenvalue weighted by Crippen LogP contribution is -2.42. The Morgan fingerprint density at radius 1 is 1.03 bits per heavy atom. The summed E-state index contributed by atoms with van der Waals surface area (Å²) in [6.45, 7) is 1.87. The number of fused-ring (bicyclic) bond motifs is 2. The first-order chi connectivity index (χ1) is 14.6. The lowest BCUT2D eigenvalue weighted by molar-refractivity contribution is 0.0931. The molecule has 30 heavy (non-hydrogen) atoms. The number of benzene rings is 2. The van der Waals surface area contributed by atoms with Gasteiger partial charge in [-0.1, -0.05) is 42.5 Å². The molecule has 2 aromatic carbocycles. The van der Waals surface area contributed by atoms with E-state index in [1.165, 1.54) is 11.1 Å². The number of hydrogen-bond acceptors (Lipinski definition) is 4. The van der Waals surface area contributed by atoms with E-state index in [1.807, 2.05) is 42.5 Å². The minimum atomic E-state index is -0.00569. The van der Waals surface area contributed by atoms with Crippen molar-refractivity contribution >= 4 is 17.4 Å². The molecule has 1 saturated heterocycles. The first-order valence-electron chi connectivity index (χ1n) is 10.6. The molecule has 1 spiro atoms. The minimum Gasteiger partial charge on any atom is -0.399 e. The van der Waals surface area contributed by atoms with Crippen LogP contribution in [0, 0.1) is 0 Å². The summed E-state index contributed by atoms with van der Waals surface area (Å²) in [5.41, 5.74) is 10.2. The molecule has 1 amide bonds. The second-order valence-corrected chi connectivity index (χ2v) is 8.40. The quantitative estimate of drug-likeness (QED) is 0.697. The molecule has 5 nitrogen and oxygen atoms in total. The number of hydrogen-bond donors (Lipinski definition) is 2. The summed E-state index contributed by atoms with van der Waals surface area (Å²) < 4.78 is 0. The molecule has 3 aromatic rings. The van der Waals surface area contributed by atoms with Crippen LogP contribution >= 0.6 is 0 Å². The van der Waals surface area contributed by atoms with Gasteiger partial charge in [-0.3, -0.25) is 4.79 Å². The maximum atomic E-state index is 12.8. The molecule has 1 aliphatic carbocycles. The molecule has 0 unspecified atom stereocenters. The van der Waals surface area contributed by atoms with Crippen LogP contribution in [0.3, 0.4) is 0 Å². The van der Waals surface area contributed by atoms with Crippen LogP contribution in [0.4, 0.5) is 11.5 Å². The van der Waals surface area contributed by atoms with E-state index >= 15 is 0 Å². The highest BCUT2D eigenvalue weighted by Crippen LogP contribution is 2.51. The van der Waals surface area contributed by atoms with Crippen molar-refractivity contribution in [2.75, 3.05) is 23.7 Å². The number of rotatable bonds is 3. The van der Waals surface area contributed by atoms with Crippen LogP contribution < -0.4 is 16.0 Å². The van der Waals surface area contributed by atoms with Crippen LogP contribution in [-0.2, 0) is 5.41 Å². The molecule has 1 fully saturated rings. The van der Waals surface area contributed by atoms with E-state index in [0.717, 1.165) is 43.9 Å². The maximum Gasteiger partial charge on any atom is 0.251 e. The van der Waals surface area contributed by atoms with Crippen molar-refractivity contribution < 1.29 is 4.79 Å². The molecule has 1 aromatic heterocycles. The third-order valence-electron chi connectivity index (χ3n) is 6.66. The van der Waals surface area contributed by atoms with Gasteiger partial charge in [-0.25, -0.2) is 4.98 Å². The zero-order chi connectivity index (χ0) is 20.6. The highest BCUT2D eigenvalue weighted by molar-refractivity contribution is 5.94. The van der Waals surface area contributed by atoms with Crippen molar-refractivity contribution in [2.24, 2.45) is 0 Å². The molecule has 2 heterocycles. The number of aromatic nitrogens is 1. The highest BCUT2D eigenvalue weighted by atomic mass is 16.1. The number of nitrogens with one attached hydrogen (secondary N) is 1. The van der Waals surface area contributed by atoms with Gasteiger partial charge in [-0.05, 0) is 48.6 Å². The Bertz CT molecular complexity index is 1060. The average molecular weight is 399 g/mol. The number of anilines is 2. The van der Waals surface area contributed by atoms with Gasteiger partial charge in [-0.2, -0.15) is 0 Å². The summed E-state index contributed by atoms with van der Waals surface area (Å²) in [5.74, 6) is 0.943. The van der Waals surface area contributed by atoms with Crippen LogP contribution in [0.2, 0.25) is 0 Å². The van der Waals surface area contributed by atoms with Crippen molar-refractivity contribution in [3.05, 3.63) is 89.6 Å². The summed E-state index contributed by atoms with van der Waals surface area (Å²) in [6.07, 6.45) is 4.80. The Morgan fingerprint density at radius 3 is 2.53 bits per heavy atom. The highest BCUT2D eigenvalue weighted by Gasteiger charge is 2.45. The average Bonchev–Trinajstić information content (AvgIpc) is 3.08. The number of amides is 1. The van der Waals surface area contributed by atoms with Crippen LogP contribution in [0.1, 0.15) is 46.8 Å². The molecule has 0 bridgehead atoms. The topological polar surface area (TPSA) is 71.2 Å². The van der Waals surface area contributed by atoms with E-state index < -0.39 is 0 Å². The Balaban J connectivity index is 1.36. The van der Waals surface area contributed by atoms with E-state index in [1.54, 1.807) is 6.20 Å². The Kier molecular flexibility index (Phi) is 4.66. The van der Waals surface area contributed by atoms with Gasteiger partial charge in [0, 0.05) is 42.0 Å². The second-order valence-electron chi connectivity index (χ2n) is 8.40. The first-order valence-corrected chi connectivity index (χ1v) is 10.6. The lowest BCUT2D eigenvalue weighted by Gasteiger charge is -2.41. The number of nitrogen functional groups attached to an aromatic ring is 1. The smallest absolute Gasteiger partial charge is 0.251 e. The number of nitrogens with two attached hydrogens (primary N) is 1. The molecule has 0 radical (unpaired) electrons. The van der Waals surface area contributed by atoms with Gasteiger partial charge in [-0.15, -0.1) is 0 Å². The van der Waals surface area contributed by atoms with Gasteiger partial charge in [0.2, 0.25) is 0 Å². The van der Waals surface area contributed by atoms with Crippen molar-refractivity contribution in [1.29, 1.82) is 0 Å². The molecule has 5 heteroatoms. The van der Waals surface area contributed by atoms with E-state index in [2.05, 4.69) is 39.5 Å².